The van der Waals surface area contributed by atoms with E-state index in [0.717, 1.165) is 0 Å². The molecular formula is C9H16N2O. The highest BCUT2D eigenvalue weighted by Crippen LogP contribution is 1.87. The van der Waals surface area contributed by atoms with Gasteiger partial charge in [-0.2, -0.15) is 0 Å². The molecule has 0 fully saturated rings. The molecule has 0 aromatic carbocycles. The van der Waals surface area contributed by atoms with Crippen LogP contribution in [-0.4, -0.2) is 18.1 Å². The highest BCUT2D eigenvalue weighted by atomic mass is 16.2. The van der Waals surface area contributed by atoms with Crippen molar-refractivity contribution in [3.8, 4) is 12.3 Å². The van der Waals surface area contributed by atoms with Crippen molar-refractivity contribution in [3.63, 3.8) is 0 Å². The van der Waals surface area contributed by atoms with Crippen LogP contribution in [0.25, 0.3) is 0 Å². The maximum atomic E-state index is 11.0. The van der Waals surface area contributed by atoms with E-state index < -0.39 is 0 Å². The van der Waals surface area contributed by atoms with Crippen LogP contribution in [-0.2, 0) is 0 Å². The van der Waals surface area contributed by atoms with Gasteiger partial charge in [0.2, 0.25) is 0 Å². The molecular weight excluding hydrogens is 152 g/mol. The average molecular weight is 168 g/mol. The molecule has 2 N–H and O–H groups in total. The lowest BCUT2D eigenvalue weighted by Gasteiger charge is -2.13. The number of amides is 2. The number of hydrogen-bond donors (Lipinski definition) is 2. The number of carbonyl (C=O) groups is 1. The van der Waals surface area contributed by atoms with Gasteiger partial charge in [0.25, 0.3) is 0 Å². The van der Waals surface area contributed by atoms with Crippen LogP contribution in [0.2, 0.25) is 0 Å². The first kappa shape index (κ1) is 10.8. The Bertz CT molecular complexity index is 181. The van der Waals surface area contributed by atoms with Crippen LogP contribution in [0.1, 0.15) is 27.2 Å². The van der Waals surface area contributed by atoms with Gasteiger partial charge in [0, 0.05) is 18.5 Å². The third-order valence-corrected chi connectivity index (χ3v) is 1.22. The largest absolute Gasteiger partial charge is 0.336 e. The summed E-state index contributed by atoms with van der Waals surface area (Å²) in [6, 6.07) is 0.0320. The molecule has 2 amide bonds. The van der Waals surface area contributed by atoms with Crippen LogP contribution >= 0.6 is 0 Å². The maximum absolute atomic E-state index is 11.0. The normalized spacial score (nSPS) is 11.9. The number of urea groups is 1. The lowest BCUT2D eigenvalue weighted by molar-refractivity contribution is 0.235. The Balaban J connectivity index is 3.63. The number of carbonyl (C=O) groups excluding carboxylic acids is 1. The molecule has 0 saturated heterocycles. The fourth-order valence-electron chi connectivity index (χ4n) is 0.755. The van der Waals surface area contributed by atoms with Crippen LogP contribution in [0.5, 0.6) is 0 Å². The van der Waals surface area contributed by atoms with Gasteiger partial charge in [-0.05, 0) is 20.8 Å². The Morgan fingerprint density at radius 1 is 1.42 bits per heavy atom. The van der Waals surface area contributed by atoms with E-state index in [1.54, 1.807) is 0 Å². The zero-order chi connectivity index (χ0) is 9.56. The van der Waals surface area contributed by atoms with Crippen molar-refractivity contribution in [2.45, 2.75) is 39.3 Å². The highest BCUT2D eigenvalue weighted by Gasteiger charge is 2.05. The second kappa shape index (κ2) is 5.48. The van der Waals surface area contributed by atoms with Gasteiger partial charge in [-0.15, -0.1) is 12.3 Å². The zero-order valence-electron chi connectivity index (χ0n) is 7.85. The summed E-state index contributed by atoms with van der Waals surface area (Å²) in [4.78, 5) is 11.0. The van der Waals surface area contributed by atoms with Crippen molar-refractivity contribution in [2.24, 2.45) is 0 Å². The summed E-state index contributed by atoms with van der Waals surface area (Å²) in [5, 5.41) is 5.43. The number of hydrogen-bond acceptors (Lipinski definition) is 1. The SMILES string of the molecule is C#CCC(C)NC(=O)NC(C)C. The molecule has 3 nitrogen and oxygen atoms in total. The summed E-state index contributed by atoms with van der Waals surface area (Å²) in [5.41, 5.74) is 0. The minimum absolute atomic E-state index is 0.0359. The Morgan fingerprint density at radius 3 is 2.42 bits per heavy atom. The standard InChI is InChI=1S/C9H16N2O/c1-5-6-8(4)11-9(12)10-7(2)3/h1,7-8H,6H2,2-4H3,(H2,10,11,12). The molecule has 0 aliphatic rings. The van der Waals surface area contributed by atoms with E-state index in [4.69, 9.17) is 6.42 Å². The molecule has 0 aromatic heterocycles. The molecule has 3 heteroatoms. The van der Waals surface area contributed by atoms with Crippen molar-refractivity contribution < 1.29 is 4.79 Å². The summed E-state index contributed by atoms with van der Waals surface area (Å²) in [5.74, 6) is 2.48. The number of rotatable bonds is 3. The average Bonchev–Trinajstić information content (AvgIpc) is 1.84. The Hall–Kier alpha value is -1.17. The molecule has 1 atom stereocenters. The predicted molar refractivity (Wildman–Crippen MR) is 49.7 cm³/mol. The summed E-state index contributed by atoms with van der Waals surface area (Å²) < 4.78 is 0. The van der Waals surface area contributed by atoms with E-state index in [9.17, 15) is 4.79 Å². The quantitative estimate of drug-likeness (QED) is 0.609. The molecule has 0 rings (SSSR count). The molecule has 0 aliphatic carbocycles. The van der Waals surface area contributed by atoms with Crippen molar-refractivity contribution in [2.75, 3.05) is 0 Å². The molecule has 12 heavy (non-hydrogen) atoms. The fraction of sp³-hybridized carbons (Fsp3) is 0.667. The van der Waals surface area contributed by atoms with Crippen molar-refractivity contribution in [1.29, 1.82) is 0 Å². The van der Waals surface area contributed by atoms with E-state index in [0.29, 0.717) is 6.42 Å². The van der Waals surface area contributed by atoms with E-state index >= 15 is 0 Å². The minimum Gasteiger partial charge on any atom is -0.336 e. The van der Waals surface area contributed by atoms with Crippen molar-refractivity contribution in [1.82, 2.24) is 10.6 Å². The second-order valence-corrected chi connectivity index (χ2v) is 3.08. The first-order valence-corrected chi connectivity index (χ1v) is 4.06. The minimum atomic E-state index is -0.159. The van der Waals surface area contributed by atoms with E-state index in [-0.39, 0.29) is 18.1 Å². The topological polar surface area (TPSA) is 41.1 Å². The van der Waals surface area contributed by atoms with Crippen LogP contribution in [0, 0.1) is 12.3 Å². The third kappa shape index (κ3) is 5.60. The fourth-order valence-corrected chi connectivity index (χ4v) is 0.755. The van der Waals surface area contributed by atoms with Crippen LogP contribution < -0.4 is 10.6 Å². The van der Waals surface area contributed by atoms with Crippen molar-refractivity contribution in [3.05, 3.63) is 0 Å². The van der Waals surface area contributed by atoms with Crippen LogP contribution in [0.4, 0.5) is 4.79 Å². The molecule has 0 heterocycles. The number of nitrogens with one attached hydrogen (secondary N) is 2. The predicted octanol–water partition coefficient (Wildman–Crippen LogP) is 1.11. The molecule has 0 spiro atoms. The van der Waals surface area contributed by atoms with Gasteiger partial charge in [-0.25, -0.2) is 4.79 Å². The molecule has 0 aliphatic heterocycles. The molecule has 0 bridgehead atoms. The molecule has 0 aromatic rings. The third-order valence-electron chi connectivity index (χ3n) is 1.22. The van der Waals surface area contributed by atoms with Gasteiger partial charge < -0.3 is 10.6 Å². The Labute approximate surface area is 73.9 Å². The highest BCUT2D eigenvalue weighted by molar-refractivity contribution is 5.74. The van der Waals surface area contributed by atoms with E-state index in [1.165, 1.54) is 0 Å². The smallest absolute Gasteiger partial charge is 0.315 e. The van der Waals surface area contributed by atoms with Gasteiger partial charge in [-0.1, -0.05) is 0 Å². The lowest BCUT2D eigenvalue weighted by Crippen LogP contribution is -2.43. The Morgan fingerprint density at radius 2 is 2.00 bits per heavy atom. The van der Waals surface area contributed by atoms with Gasteiger partial charge >= 0.3 is 6.03 Å². The number of terminal acetylenes is 1. The van der Waals surface area contributed by atoms with Gasteiger partial charge in [0.1, 0.15) is 0 Å². The van der Waals surface area contributed by atoms with E-state index in [1.807, 2.05) is 20.8 Å². The van der Waals surface area contributed by atoms with Gasteiger partial charge in [-0.3, -0.25) is 0 Å². The summed E-state index contributed by atoms with van der Waals surface area (Å²) >= 11 is 0. The molecule has 0 saturated carbocycles. The monoisotopic (exact) mass is 168 g/mol. The Kier molecular flexibility index (Phi) is 4.94. The molecule has 1 unspecified atom stereocenters. The lowest BCUT2D eigenvalue weighted by atomic mass is 10.2. The first-order valence-electron chi connectivity index (χ1n) is 4.06. The first-order chi connectivity index (χ1) is 5.56. The molecule has 0 radical (unpaired) electrons. The summed E-state index contributed by atoms with van der Waals surface area (Å²) in [6.45, 7) is 5.69. The van der Waals surface area contributed by atoms with Gasteiger partial charge in [0.15, 0.2) is 0 Å². The van der Waals surface area contributed by atoms with Crippen LogP contribution in [0.15, 0.2) is 0 Å². The molecule has 68 valence electrons. The van der Waals surface area contributed by atoms with Gasteiger partial charge in [0.05, 0.1) is 0 Å². The second-order valence-electron chi connectivity index (χ2n) is 3.08. The summed E-state index contributed by atoms with van der Waals surface area (Å²) in [7, 11) is 0. The van der Waals surface area contributed by atoms with Crippen LogP contribution in [0.3, 0.4) is 0 Å². The summed E-state index contributed by atoms with van der Waals surface area (Å²) in [6.07, 6.45) is 5.65. The van der Waals surface area contributed by atoms with E-state index in [2.05, 4.69) is 16.6 Å². The maximum Gasteiger partial charge on any atom is 0.315 e. The van der Waals surface area contributed by atoms with Crippen molar-refractivity contribution >= 4 is 6.03 Å². The zero-order valence-corrected chi connectivity index (χ0v) is 7.85.